The molecule has 0 aliphatic rings. The van der Waals surface area contributed by atoms with Gasteiger partial charge in [0.05, 0.1) is 7.11 Å². The summed E-state index contributed by atoms with van der Waals surface area (Å²) in [5.74, 6) is -1.08. The van der Waals surface area contributed by atoms with Gasteiger partial charge in [0.15, 0.2) is 0 Å². The Morgan fingerprint density at radius 1 is 1.47 bits per heavy atom. The van der Waals surface area contributed by atoms with Crippen LogP contribution in [-0.4, -0.2) is 19.4 Å². The fourth-order valence-corrected chi connectivity index (χ4v) is 0.989. The van der Waals surface area contributed by atoms with Gasteiger partial charge in [0.2, 0.25) is 0 Å². The van der Waals surface area contributed by atoms with Gasteiger partial charge in [-0.25, -0.2) is 9.18 Å². The van der Waals surface area contributed by atoms with Crippen LogP contribution in [0, 0.1) is 5.82 Å². The number of rotatable bonds is 3. The van der Waals surface area contributed by atoms with Crippen LogP contribution in [0.25, 0.3) is 6.08 Å². The Hall–Kier alpha value is -1.97. The van der Waals surface area contributed by atoms with Crippen molar-refractivity contribution in [1.29, 1.82) is 0 Å². The van der Waals surface area contributed by atoms with Crippen molar-refractivity contribution in [3.8, 4) is 0 Å². The first kappa shape index (κ1) is 11.1. The van der Waals surface area contributed by atoms with Crippen LogP contribution in [-0.2, 0) is 9.53 Å². The van der Waals surface area contributed by atoms with Crippen molar-refractivity contribution in [2.24, 2.45) is 0 Å². The molecule has 1 aromatic rings. The first-order valence-electron chi connectivity index (χ1n) is 4.18. The van der Waals surface area contributed by atoms with E-state index < -0.39 is 11.8 Å². The van der Waals surface area contributed by atoms with Gasteiger partial charge in [-0.3, -0.25) is 4.79 Å². The molecule has 4 heteroatoms. The number of halogens is 1. The standard InChI is InChI=1S/C11H9FO3/c1-15-11(14)5-3-9-6-8(7-13)2-4-10(9)12/h2-7H,1H3/b5-3+. The number of benzene rings is 1. The molecule has 0 bridgehead atoms. The molecule has 0 N–H and O–H groups in total. The summed E-state index contributed by atoms with van der Waals surface area (Å²) in [6.45, 7) is 0. The van der Waals surface area contributed by atoms with E-state index in [1.165, 1.54) is 31.4 Å². The zero-order valence-electron chi connectivity index (χ0n) is 8.07. The number of ether oxygens (including phenoxy) is 1. The van der Waals surface area contributed by atoms with E-state index >= 15 is 0 Å². The minimum Gasteiger partial charge on any atom is -0.466 e. The van der Waals surface area contributed by atoms with E-state index in [9.17, 15) is 14.0 Å². The molecule has 0 aromatic heterocycles. The molecular formula is C11H9FO3. The maximum absolute atomic E-state index is 13.1. The van der Waals surface area contributed by atoms with Gasteiger partial charge < -0.3 is 4.74 Å². The van der Waals surface area contributed by atoms with E-state index in [-0.39, 0.29) is 5.56 Å². The molecule has 0 amide bonds. The van der Waals surface area contributed by atoms with Crippen LogP contribution in [0.4, 0.5) is 4.39 Å². The SMILES string of the molecule is COC(=O)/C=C/c1cc(C=O)ccc1F. The van der Waals surface area contributed by atoms with E-state index in [0.29, 0.717) is 11.8 Å². The smallest absolute Gasteiger partial charge is 0.330 e. The Labute approximate surface area is 86.2 Å². The third-order valence-electron chi connectivity index (χ3n) is 1.76. The fraction of sp³-hybridized carbons (Fsp3) is 0.0909. The highest BCUT2D eigenvalue weighted by molar-refractivity contribution is 5.87. The van der Waals surface area contributed by atoms with Gasteiger partial charge in [-0.15, -0.1) is 0 Å². The molecule has 0 unspecified atom stereocenters. The molecule has 1 aromatic carbocycles. The number of esters is 1. The topological polar surface area (TPSA) is 43.4 Å². The lowest BCUT2D eigenvalue weighted by Crippen LogP contribution is -1.94. The molecule has 15 heavy (non-hydrogen) atoms. The number of methoxy groups -OCH3 is 1. The second kappa shape index (κ2) is 5.05. The molecule has 0 fully saturated rings. The summed E-state index contributed by atoms with van der Waals surface area (Å²) < 4.78 is 17.5. The molecular weight excluding hydrogens is 199 g/mol. The molecule has 0 saturated heterocycles. The van der Waals surface area contributed by atoms with Crippen molar-refractivity contribution in [2.75, 3.05) is 7.11 Å². The Morgan fingerprint density at radius 3 is 2.80 bits per heavy atom. The lowest BCUT2D eigenvalue weighted by molar-refractivity contribution is -0.134. The molecule has 0 aliphatic carbocycles. The zero-order chi connectivity index (χ0) is 11.3. The number of carbonyl (C=O) groups excluding carboxylic acids is 2. The molecule has 0 spiro atoms. The van der Waals surface area contributed by atoms with E-state index in [2.05, 4.69) is 4.74 Å². The number of hydrogen-bond donors (Lipinski definition) is 0. The van der Waals surface area contributed by atoms with Gasteiger partial charge in [-0.1, -0.05) is 0 Å². The van der Waals surface area contributed by atoms with Crippen LogP contribution >= 0.6 is 0 Å². The summed E-state index contributed by atoms with van der Waals surface area (Å²) >= 11 is 0. The first-order chi connectivity index (χ1) is 7.17. The van der Waals surface area contributed by atoms with Crippen molar-refractivity contribution in [1.82, 2.24) is 0 Å². The summed E-state index contributed by atoms with van der Waals surface area (Å²) in [6, 6.07) is 3.88. The average Bonchev–Trinajstić information content (AvgIpc) is 2.27. The summed E-state index contributed by atoms with van der Waals surface area (Å²) in [6.07, 6.45) is 2.95. The largest absolute Gasteiger partial charge is 0.466 e. The number of aldehydes is 1. The van der Waals surface area contributed by atoms with E-state index in [1.807, 2.05) is 0 Å². The first-order valence-corrected chi connectivity index (χ1v) is 4.18. The summed E-state index contributed by atoms with van der Waals surface area (Å²) in [5, 5.41) is 0. The lowest BCUT2D eigenvalue weighted by atomic mass is 10.1. The summed E-state index contributed by atoms with van der Waals surface area (Å²) in [4.78, 5) is 21.2. The van der Waals surface area contributed by atoms with Crippen LogP contribution in [0.2, 0.25) is 0 Å². The highest BCUT2D eigenvalue weighted by atomic mass is 19.1. The van der Waals surface area contributed by atoms with E-state index in [4.69, 9.17) is 0 Å². The Bertz CT molecular complexity index is 410. The molecule has 0 atom stereocenters. The molecule has 1 rings (SSSR count). The highest BCUT2D eigenvalue weighted by Gasteiger charge is 2.00. The molecule has 78 valence electrons. The van der Waals surface area contributed by atoms with Gasteiger partial charge in [0, 0.05) is 17.2 Å². The van der Waals surface area contributed by atoms with Crippen molar-refractivity contribution in [3.05, 3.63) is 41.2 Å². The third kappa shape index (κ3) is 3.02. The number of hydrogen-bond acceptors (Lipinski definition) is 3. The maximum Gasteiger partial charge on any atom is 0.330 e. The second-order valence-corrected chi connectivity index (χ2v) is 2.76. The quantitative estimate of drug-likeness (QED) is 0.432. The Kier molecular flexibility index (Phi) is 3.74. The number of carbonyl (C=O) groups is 2. The Morgan fingerprint density at radius 2 is 2.20 bits per heavy atom. The van der Waals surface area contributed by atoms with Gasteiger partial charge in [-0.05, 0) is 24.3 Å². The van der Waals surface area contributed by atoms with Gasteiger partial charge >= 0.3 is 5.97 Å². The van der Waals surface area contributed by atoms with Gasteiger partial charge in [-0.2, -0.15) is 0 Å². The molecule has 0 radical (unpaired) electrons. The van der Waals surface area contributed by atoms with Crippen LogP contribution in [0.1, 0.15) is 15.9 Å². The predicted octanol–water partition coefficient (Wildman–Crippen LogP) is 1.82. The van der Waals surface area contributed by atoms with Crippen molar-refractivity contribution >= 4 is 18.3 Å². The molecule has 0 heterocycles. The minimum absolute atomic E-state index is 0.171. The van der Waals surface area contributed by atoms with Crippen LogP contribution in [0.15, 0.2) is 24.3 Å². The monoisotopic (exact) mass is 208 g/mol. The van der Waals surface area contributed by atoms with Gasteiger partial charge in [0.25, 0.3) is 0 Å². The predicted molar refractivity (Wildman–Crippen MR) is 52.8 cm³/mol. The zero-order valence-corrected chi connectivity index (χ0v) is 8.07. The van der Waals surface area contributed by atoms with E-state index in [0.717, 1.165) is 6.08 Å². The second-order valence-electron chi connectivity index (χ2n) is 2.76. The third-order valence-corrected chi connectivity index (χ3v) is 1.76. The lowest BCUT2D eigenvalue weighted by Gasteiger charge is -1.97. The Balaban J connectivity index is 2.97. The normalized spacial score (nSPS) is 10.3. The van der Waals surface area contributed by atoms with Crippen LogP contribution in [0.5, 0.6) is 0 Å². The molecule has 0 aliphatic heterocycles. The minimum atomic E-state index is -0.578. The van der Waals surface area contributed by atoms with Gasteiger partial charge in [0.1, 0.15) is 12.1 Å². The summed E-state index contributed by atoms with van der Waals surface area (Å²) in [7, 11) is 1.23. The maximum atomic E-state index is 13.1. The summed E-state index contributed by atoms with van der Waals surface area (Å²) in [5.41, 5.74) is 0.519. The van der Waals surface area contributed by atoms with E-state index in [1.54, 1.807) is 0 Å². The van der Waals surface area contributed by atoms with Crippen LogP contribution < -0.4 is 0 Å². The fourth-order valence-electron chi connectivity index (χ4n) is 0.989. The highest BCUT2D eigenvalue weighted by Crippen LogP contribution is 2.11. The van der Waals surface area contributed by atoms with Crippen molar-refractivity contribution in [2.45, 2.75) is 0 Å². The molecule has 3 nitrogen and oxygen atoms in total. The van der Waals surface area contributed by atoms with Crippen molar-refractivity contribution in [3.63, 3.8) is 0 Å². The van der Waals surface area contributed by atoms with Crippen LogP contribution in [0.3, 0.4) is 0 Å². The average molecular weight is 208 g/mol. The van der Waals surface area contributed by atoms with Crippen molar-refractivity contribution < 1.29 is 18.7 Å². The molecule has 0 saturated carbocycles.